The molecule has 0 fully saturated rings. The van der Waals surface area contributed by atoms with E-state index in [-0.39, 0.29) is 12.2 Å². The molecule has 0 spiro atoms. The Morgan fingerprint density at radius 1 is 1.26 bits per heavy atom. The second-order valence-electron chi connectivity index (χ2n) is 3.99. The van der Waals surface area contributed by atoms with Gasteiger partial charge in [-0.2, -0.15) is 5.26 Å². The summed E-state index contributed by atoms with van der Waals surface area (Å²) in [7, 11) is 1.53. The standard InChI is InChI=1S/C15H11ClFNO/c1-19-15-8-11(3-2-10(15)6-7-18)13-5-4-12(16)9-14(13)17/h2-5,8-9H,6H2,1H3. The smallest absolute Gasteiger partial charge is 0.132 e. The molecule has 2 aromatic carbocycles. The summed E-state index contributed by atoms with van der Waals surface area (Å²) in [6.45, 7) is 0. The number of halogens is 2. The molecule has 2 aromatic rings. The zero-order valence-electron chi connectivity index (χ0n) is 10.3. The van der Waals surface area contributed by atoms with E-state index in [4.69, 9.17) is 21.6 Å². The van der Waals surface area contributed by atoms with E-state index in [0.29, 0.717) is 21.9 Å². The number of methoxy groups -OCH3 is 1. The van der Waals surface area contributed by atoms with E-state index in [1.54, 1.807) is 30.3 Å². The van der Waals surface area contributed by atoms with E-state index in [2.05, 4.69) is 6.07 Å². The lowest BCUT2D eigenvalue weighted by atomic mass is 10.0. The van der Waals surface area contributed by atoms with Gasteiger partial charge in [-0.05, 0) is 29.8 Å². The highest BCUT2D eigenvalue weighted by Gasteiger charge is 2.09. The van der Waals surface area contributed by atoms with Crippen LogP contribution in [0.3, 0.4) is 0 Å². The van der Waals surface area contributed by atoms with Crippen LogP contribution in [0.1, 0.15) is 5.56 Å². The van der Waals surface area contributed by atoms with E-state index < -0.39 is 0 Å². The number of nitriles is 1. The summed E-state index contributed by atoms with van der Waals surface area (Å²) in [4.78, 5) is 0. The minimum atomic E-state index is -0.386. The molecular formula is C15H11ClFNO. The van der Waals surface area contributed by atoms with Gasteiger partial charge in [-0.1, -0.05) is 23.7 Å². The van der Waals surface area contributed by atoms with Crippen molar-refractivity contribution in [2.75, 3.05) is 7.11 Å². The first-order chi connectivity index (χ1) is 9.15. The van der Waals surface area contributed by atoms with E-state index in [1.165, 1.54) is 13.2 Å². The zero-order valence-corrected chi connectivity index (χ0v) is 11.0. The number of nitrogens with zero attached hydrogens (tertiary/aromatic N) is 1. The molecule has 96 valence electrons. The Bertz CT molecular complexity index is 649. The van der Waals surface area contributed by atoms with E-state index in [9.17, 15) is 4.39 Å². The van der Waals surface area contributed by atoms with Crippen LogP contribution in [-0.2, 0) is 6.42 Å². The third kappa shape index (κ3) is 2.86. The number of benzene rings is 2. The second kappa shape index (κ2) is 5.73. The Morgan fingerprint density at radius 3 is 2.68 bits per heavy atom. The Kier molecular flexibility index (Phi) is 4.03. The largest absolute Gasteiger partial charge is 0.496 e. The van der Waals surface area contributed by atoms with Crippen LogP contribution in [0.15, 0.2) is 36.4 Å². The van der Waals surface area contributed by atoms with E-state index in [1.807, 2.05) is 0 Å². The van der Waals surface area contributed by atoms with Crippen LogP contribution >= 0.6 is 11.6 Å². The fourth-order valence-electron chi connectivity index (χ4n) is 1.87. The lowest BCUT2D eigenvalue weighted by molar-refractivity contribution is 0.411. The van der Waals surface area contributed by atoms with Gasteiger partial charge in [-0.3, -0.25) is 0 Å². The third-order valence-corrected chi connectivity index (χ3v) is 3.03. The molecule has 0 radical (unpaired) electrons. The van der Waals surface area contributed by atoms with Crippen LogP contribution < -0.4 is 4.74 Å². The normalized spacial score (nSPS) is 10.0. The Labute approximate surface area is 116 Å². The molecule has 0 aliphatic rings. The SMILES string of the molecule is COc1cc(-c2ccc(Cl)cc2F)ccc1CC#N. The van der Waals surface area contributed by atoms with Crippen LogP contribution in [-0.4, -0.2) is 7.11 Å². The number of hydrogen-bond acceptors (Lipinski definition) is 2. The predicted octanol–water partition coefficient (Wildman–Crippen LogP) is 4.22. The molecule has 0 saturated carbocycles. The first-order valence-electron chi connectivity index (χ1n) is 5.65. The molecule has 19 heavy (non-hydrogen) atoms. The van der Waals surface area contributed by atoms with Crippen molar-refractivity contribution in [1.82, 2.24) is 0 Å². The molecule has 0 aliphatic carbocycles. The van der Waals surface area contributed by atoms with Gasteiger partial charge in [0.25, 0.3) is 0 Å². The molecule has 2 rings (SSSR count). The maximum Gasteiger partial charge on any atom is 0.132 e. The van der Waals surface area contributed by atoms with Crippen LogP contribution in [0.25, 0.3) is 11.1 Å². The lowest BCUT2D eigenvalue weighted by Gasteiger charge is -2.09. The quantitative estimate of drug-likeness (QED) is 0.840. The Hall–Kier alpha value is -2.05. The average molecular weight is 276 g/mol. The topological polar surface area (TPSA) is 33.0 Å². The maximum absolute atomic E-state index is 13.8. The van der Waals surface area contributed by atoms with Crippen LogP contribution in [0, 0.1) is 17.1 Å². The summed E-state index contributed by atoms with van der Waals surface area (Å²) in [6, 6.07) is 11.8. The molecule has 0 amide bonds. The summed E-state index contributed by atoms with van der Waals surface area (Å²) < 4.78 is 19.1. The fourth-order valence-corrected chi connectivity index (χ4v) is 2.03. The van der Waals surface area contributed by atoms with Crippen LogP contribution in [0.2, 0.25) is 5.02 Å². The van der Waals surface area contributed by atoms with Crippen molar-refractivity contribution in [3.63, 3.8) is 0 Å². The molecular weight excluding hydrogens is 265 g/mol. The van der Waals surface area contributed by atoms with Gasteiger partial charge < -0.3 is 4.74 Å². The highest BCUT2D eigenvalue weighted by atomic mass is 35.5. The lowest BCUT2D eigenvalue weighted by Crippen LogP contribution is -1.93. The number of ether oxygens (including phenoxy) is 1. The number of hydrogen-bond donors (Lipinski definition) is 0. The molecule has 0 bridgehead atoms. The third-order valence-electron chi connectivity index (χ3n) is 2.80. The van der Waals surface area contributed by atoms with Gasteiger partial charge in [0.1, 0.15) is 11.6 Å². The van der Waals surface area contributed by atoms with Crippen molar-refractivity contribution in [3.05, 3.63) is 52.8 Å². The van der Waals surface area contributed by atoms with E-state index >= 15 is 0 Å². The second-order valence-corrected chi connectivity index (χ2v) is 4.42. The first-order valence-corrected chi connectivity index (χ1v) is 6.03. The van der Waals surface area contributed by atoms with Crippen molar-refractivity contribution < 1.29 is 9.13 Å². The molecule has 0 atom stereocenters. The van der Waals surface area contributed by atoms with Crippen LogP contribution in [0.5, 0.6) is 5.75 Å². The van der Waals surface area contributed by atoms with Crippen molar-refractivity contribution in [3.8, 4) is 22.9 Å². The van der Waals surface area contributed by atoms with Crippen molar-refractivity contribution >= 4 is 11.6 Å². The van der Waals surface area contributed by atoms with Crippen molar-refractivity contribution in [2.24, 2.45) is 0 Å². The van der Waals surface area contributed by atoms with Crippen molar-refractivity contribution in [2.45, 2.75) is 6.42 Å². The molecule has 4 heteroatoms. The molecule has 2 nitrogen and oxygen atoms in total. The summed E-state index contributed by atoms with van der Waals surface area (Å²) in [5, 5.41) is 9.08. The van der Waals surface area contributed by atoms with Crippen molar-refractivity contribution in [1.29, 1.82) is 5.26 Å². The Morgan fingerprint density at radius 2 is 2.05 bits per heavy atom. The minimum Gasteiger partial charge on any atom is -0.496 e. The molecule has 0 unspecified atom stereocenters. The summed E-state index contributed by atoms with van der Waals surface area (Å²) >= 11 is 5.73. The minimum absolute atomic E-state index is 0.257. The molecule has 0 aromatic heterocycles. The number of rotatable bonds is 3. The zero-order chi connectivity index (χ0) is 13.8. The summed E-state index contributed by atoms with van der Waals surface area (Å²) in [6.07, 6.45) is 0.257. The van der Waals surface area contributed by atoms with Crippen LogP contribution in [0.4, 0.5) is 4.39 Å². The fraction of sp³-hybridized carbons (Fsp3) is 0.133. The average Bonchev–Trinajstić information content (AvgIpc) is 2.40. The molecule has 0 N–H and O–H groups in total. The van der Waals surface area contributed by atoms with Gasteiger partial charge in [0.15, 0.2) is 0 Å². The summed E-state index contributed by atoms with van der Waals surface area (Å²) in [5.74, 6) is 0.191. The highest BCUT2D eigenvalue weighted by molar-refractivity contribution is 6.30. The molecule has 0 heterocycles. The maximum atomic E-state index is 13.8. The predicted molar refractivity (Wildman–Crippen MR) is 72.7 cm³/mol. The molecule has 0 aliphatic heterocycles. The van der Waals surface area contributed by atoms with Gasteiger partial charge >= 0.3 is 0 Å². The van der Waals surface area contributed by atoms with Gasteiger partial charge in [-0.15, -0.1) is 0 Å². The van der Waals surface area contributed by atoms with Gasteiger partial charge in [0.2, 0.25) is 0 Å². The van der Waals surface area contributed by atoms with Gasteiger partial charge in [-0.25, -0.2) is 4.39 Å². The highest BCUT2D eigenvalue weighted by Crippen LogP contribution is 2.30. The van der Waals surface area contributed by atoms with Gasteiger partial charge in [0.05, 0.1) is 19.6 Å². The van der Waals surface area contributed by atoms with E-state index in [0.717, 1.165) is 5.56 Å². The monoisotopic (exact) mass is 275 g/mol. The summed E-state index contributed by atoms with van der Waals surface area (Å²) in [5.41, 5.74) is 1.92. The molecule has 0 saturated heterocycles. The van der Waals surface area contributed by atoms with Gasteiger partial charge in [0, 0.05) is 16.1 Å². The Balaban J connectivity index is 2.49. The first kappa shape index (κ1) is 13.4.